The van der Waals surface area contributed by atoms with Crippen LogP contribution < -0.4 is 9.47 Å². The van der Waals surface area contributed by atoms with Gasteiger partial charge in [-0.2, -0.15) is 0 Å². The summed E-state index contributed by atoms with van der Waals surface area (Å²) in [5, 5.41) is 0.594. The van der Waals surface area contributed by atoms with E-state index in [1.807, 2.05) is 29.7 Å². The lowest BCUT2D eigenvalue weighted by Crippen LogP contribution is -2.48. The highest BCUT2D eigenvalue weighted by atomic mass is 35.5. The molecule has 2 fully saturated rings. The van der Waals surface area contributed by atoms with Crippen LogP contribution in [0.15, 0.2) is 12.1 Å². The highest BCUT2D eigenvalue weighted by molar-refractivity contribution is 6.31. The van der Waals surface area contributed by atoms with E-state index in [0.29, 0.717) is 42.1 Å². The fraction of sp³-hybridized carbons (Fsp3) is 0.667. The molecule has 2 amide bonds. The standard InChI is InChI=1S/C24H34ClN3O4/c1-3-26(4-2)24(30)17-6-5-10-27(14-17)19-7-8-23(29)28(11-9-19)15-18-12-21-22(13-20(18)25)32-16-31-21/h12-13,17,19H,3-11,14-16H2,1-2H3/t17-,19+/m1/s1. The molecule has 7 nitrogen and oxygen atoms in total. The molecule has 0 unspecified atom stereocenters. The number of rotatable bonds is 6. The van der Waals surface area contributed by atoms with Crippen molar-refractivity contribution in [3.63, 3.8) is 0 Å². The second-order valence-electron chi connectivity index (χ2n) is 8.94. The van der Waals surface area contributed by atoms with Crippen LogP contribution in [-0.4, -0.2) is 72.1 Å². The van der Waals surface area contributed by atoms with E-state index in [-0.39, 0.29) is 24.5 Å². The van der Waals surface area contributed by atoms with Crippen molar-refractivity contribution in [1.82, 2.24) is 14.7 Å². The number of halogens is 1. The fourth-order valence-electron chi connectivity index (χ4n) is 5.17. The number of hydrogen-bond acceptors (Lipinski definition) is 5. The van der Waals surface area contributed by atoms with Gasteiger partial charge in [0.15, 0.2) is 11.5 Å². The van der Waals surface area contributed by atoms with Crippen molar-refractivity contribution in [2.75, 3.05) is 39.5 Å². The summed E-state index contributed by atoms with van der Waals surface area (Å²) < 4.78 is 10.9. The lowest BCUT2D eigenvalue weighted by molar-refractivity contribution is -0.137. The van der Waals surface area contributed by atoms with Gasteiger partial charge in [-0.15, -0.1) is 0 Å². The summed E-state index contributed by atoms with van der Waals surface area (Å²) in [5.41, 5.74) is 0.880. The fourth-order valence-corrected chi connectivity index (χ4v) is 5.39. The zero-order valence-corrected chi connectivity index (χ0v) is 19.9. The normalized spacial score (nSPS) is 23.8. The van der Waals surface area contributed by atoms with Gasteiger partial charge in [-0.3, -0.25) is 14.5 Å². The average molecular weight is 464 g/mol. The van der Waals surface area contributed by atoms with Gasteiger partial charge in [-0.25, -0.2) is 0 Å². The van der Waals surface area contributed by atoms with Crippen molar-refractivity contribution in [2.45, 2.75) is 58.5 Å². The summed E-state index contributed by atoms with van der Waals surface area (Å²) in [6.07, 6.45) is 4.29. The Bertz CT molecular complexity index is 845. The van der Waals surface area contributed by atoms with Crippen LogP contribution in [-0.2, 0) is 16.1 Å². The minimum Gasteiger partial charge on any atom is -0.454 e. The van der Waals surface area contributed by atoms with Crippen LogP contribution >= 0.6 is 11.6 Å². The largest absolute Gasteiger partial charge is 0.454 e. The van der Waals surface area contributed by atoms with E-state index in [1.54, 1.807) is 6.07 Å². The van der Waals surface area contributed by atoms with E-state index in [4.69, 9.17) is 21.1 Å². The molecule has 4 rings (SSSR count). The van der Waals surface area contributed by atoms with E-state index in [2.05, 4.69) is 4.90 Å². The van der Waals surface area contributed by atoms with Gasteiger partial charge in [0.25, 0.3) is 0 Å². The minimum atomic E-state index is 0.0751. The average Bonchev–Trinajstić information content (AvgIpc) is 3.17. The number of likely N-dealkylation sites (tertiary alicyclic amines) is 2. The molecule has 0 radical (unpaired) electrons. The molecule has 0 spiro atoms. The van der Waals surface area contributed by atoms with Crippen LogP contribution in [0.1, 0.15) is 51.5 Å². The lowest BCUT2D eigenvalue weighted by Gasteiger charge is -2.38. The minimum absolute atomic E-state index is 0.0751. The maximum Gasteiger partial charge on any atom is 0.231 e. The van der Waals surface area contributed by atoms with Crippen LogP contribution in [0.25, 0.3) is 0 Å². The third-order valence-corrected chi connectivity index (χ3v) is 7.42. The second kappa shape index (κ2) is 10.3. The number of carbonyl (C=O) groups excluding carboxylic acids is 2. The Balaban J connectivity index is 1.38. The van der Waals surface area contributed by atoms with E-state index in [1.165, 1.54) is 0 Å². The van der Waals surface area contributed by atoms with Crippen molar-refractivity contribution >= 4 is 23.4 Å². The highest BCUT2D eigenvalue weighted by Crippen LogP contribution is 2.37. The first-order valence-electron chi connectivity index (χ1n) is 11.9. The number of fused-ring (bicyclic) bond motifs is 1. The molecule has 0 bridgehead atoms. The molecule has 0 aliphatic carbocycles. The van der Waals surface area contributed by atoms with Gasteiger partial charge in [-0.1, -0.05) is 11.6 Å². The predicted octanol–water partition coefficient (Wildman–Crippen LogP) is 3.53. The summed E-state index contributed by atoms with van der Waals surface area (Å²) in [7, 11) is 0. The highest BCUT2D eigenvalue weighted by Gasteiger charge is 2.33. The van der Waals surface area contributed by atoms with Crippen molar-refractivity contribution in [3.05, 3.63) is 22.7 Å². The maximum atomic E-state index is 12.9. The molecule has 176 valence electrons. The SMILES string of the molecule is CCN(CC)C(=O)[C@@H]1CCCN([C@H]2CCC(=O)N(Cc3cc4c(cc3Cl)OCO4)CC2)C1. The number of hydrogen-bond donors (Lipinski definition) is 0. The van der Waals surface area contributed by atoms with Crippen molar-refractivity contribution < 1.29 is 19.1 Å². The molecule has 3 aliphatic heterocycles. The van der Waals surface area contributed by atoms with Crippen molar-refractivity contribution in [2.24, 2.45) is 5.92 Å². The van der Waals surface area contributed by atoms with E-state index < -0.39 is 0 Å². The van der Waals surface area contributed by atoms with Crippen LogP contribution in [0.3, 0.4) is 0 Å². The van der Waals surface area contributed by atoms with Crippen LogP contribution in [0.5, 0.6) is 11.5 Å². The zero-order chi connectivity index (χ0) is 22.7. The first-order chi connectivity index (χ1) is 15.5. The molecular weight excluding hydrogens is 430 g/mol. The number of nitrogens with zero attached hydrogens (tertiary/aromatic N) is 3. The number of carbonyl (C=O) groups is 2. The smallest absolute Gasteiger partial charge is 0.231 e. The van der Waals surface area contributed by atoms with Gasteiger partial charge in [0.2, 0.25) is 18.6 Å². The summed E-state index contributed by atoms with van der Waals surface area (Å²) in [5.74, 6) is 1.85. The van der Waals surface area contributed by atoms with Crippen molar-refractivity contribution in [3.8, 4) is 11.5 Å². The quantitative estimate of drug-likeness (QED) is 0.645. The zero-order valence-electron chi connectivity index (χ0n) is 19.1. The lowest BCUT2D eigenvalue weighted by atomic mass is 9.93. The summed E-state index contributed by atoms with van der Waals surface area (Å²) in [6, 6.07) is 3.99. The monoisotopic (exact) mass is 463 g/mol. The van der Waals surface area contributed by atoms with Gasteiger partial charge in [0.05, 0.1) is 5.92 Å². The Hall–Kier alpha value is -1.99. The van der Waals surface area contributed by atoms with E-state index in [9.17, 15) is 9.59 Å². The summed E-state index contributed by atoms with van der Waals surface area (Å²) in [4.78, 5) is 32.1. The molecule has 2 saturated heterocycles. The topological polar surface area (TPSA) is 62.3 Å². The van der Waals surface area contributed by atoms with Crippen LogP contribution in [0.4, 0.5) is 0 Å². The van der Waals surface area contributed by atoms with E-state index >= 15 is 0 Å². The molecule has 0 aromatic heterocycles. The molecule has 8 heteroatoms. The first kappa shape index (κ1) is 23.2. The molecule has 0 saturated carbocycles. The number of amides is 2. The summed E-state index contributed by atoms with van der Waals surface area (Å²) >= 11 is 6.44. The predicted molar refractivity (Wildman–Crippen MR) is 123 cm³/mol. The second-order valence-corrected chi connectivity index (χ2v) is 9.35. The van der Waals surface area contributed by atoms with Crippen LogP contribution in [0, 0.1) is 5.92 Å². The van der Waals surface area contributed by atoms with Gasteiger partial charge in [0.1, 0.15) is 0 Å². The van der Waals surface area contributed by atoms with Gasteiger partial charge in [-0.05, 0) is 57.7 Å². The molecule has 32 heavy (non-hydrogen) atoms. The molecule has 0 N–H and O–H groups in total. The summed E-state index contributed by atoms with van der Waals surface area (Å²) in [6.45, 7) is 8.80. The number of piperidine rings is 1. The molecule has 3 aliphatic rings. The number of benzene rings is 1. The van der Waals surface area contributed by atoms with Gasteiger partial charge >= 0.3 is 0 Å². The van der Waals surface area contributed by atoms with Gasteiger partial charge < -0.3 is 19.3 Å². The Morgan fingerprint density at radius 2 is 1.88 bits per heavy atom. The molecule has 3 heterocycles. The maximum absolute atomic E-state index is 12.9. The third-order valence-electron chi connectivity index (χ3n) is 7.07. The van der Waals surface area contributed by atoms with Crippen molar-refractivity contribution in [1.29, 1.82) is 0 Å². The Labute approximate surface area is 195 Å². The van der Waals surface area contributed by atoms with Gasteiger partial charge in [0, 0.05) is 56.3 Å². The third kappa shape index (κ3) is 4.99. The molecule has 1 aromatic rings. The molecule has 2 atom stereocenters. The molecule has 1 aromatic carbocycles. The Morgan fingerprint density at radius 3 is 2.62 bits per heavy atom. The Morgan fingerprint density at radius 1 is 1.12 bits per heavy atom. The first-order valence-corrected chi connectivity index (χ1v) is 12.3. The van der Waals surface area contributed by atoms with E-state index in [0.717, 1.165) is 57.4 Å². The molecular formula is C24H34ClN3O4. The Kier molecular flexibility index (Phi) is 7.46. The number of ether oxygens (including phenoxy) is 2. The van der Waals surface area contributed by atoms with Crippen LogP contribution in [0.2, 0.25) is 5.02 Å².